The summed E-state index contributed by atoms with van der Waals surface area (Å²) in [7, 11) is 0. The number of rotatable bonds is 2. The van der Waals surface area contributed by atoms with Crippen LogP contribution in [0.2, 0.25) is 0 Å². The van der Waals surface area contributed by atoms with Gasteiger partial charge in [0.1, 0.15) is 11.1 Å². The number of thioether (sulfide) groups is 1. The first-order valence-corrected chi connectivity index (χ1v) is 7.33. The molecule has 1 atom stereocenters. The van der Waals surface area contributed by atoms with Gasteiger partial charge in [-0.1, -0.05) is 29.4 Å². The van der Waals surface area contributed by atoms with Crippen LogP contribution in [0.25, 0.3) is 10.8 Å². The lowest BCUT2D eigenvalue weighted by Gasteiger charge is -2.22. The number of benzene rings is 2. The van der Waals surface area contributed by atoms with Crippen LogP contribution in [-0.2, 0) is 0 Å². The Balaban J connectivity index is 1.80. The van der Waals surface area contributed by atoms with Gasteiger partial charge in [-0.05, 0) is 33.5 Å². The Kier molecular flexibility index (Phi) is 2.78. The molecule has 0 saturated carbocycles. The topological polar surface area (TPSA) is 77.9 Å². The molecule has 0 fully saturated rings. The van der Waals surface area contributed by atoms with E-state index in [2.05, 4.69) is 20.6 Å². The van der Waals surface area contributed by atoms with Crippen molar-refractivity contribution in [3.05, 3.63) is 53.6 Å². The minimum absolute atomic E-state index is 0.104. The number of phenols is 1. The fourth-order valence-corrected chi connectivity index (χ4v) is 3.40. The van der Waals surface area contributed by atoms with Crippen LogP contribution in [0.5, 0.6) is 5.75 Å². The number of anilines is 1. The lowest BCUT2D eigenvalue weighted by atomic mass is 10.1. The predicted octanol–water partition coefficient (Wildman–Crippen LogP) is 2.78. The third-order valence-electron chi connectivity index (χ3n) is 3.41. The van der Waals surface area contributed by atoms with Crippen LogP contribution >= 0.6 is 11.8 Å². The van der Waals surface area contributed by atoms with Gasteiger partial charge in [0, 0.05) is 11.8 Å². The second-order valence-electron chi connectivity index (χ2n) is 4.65. The lowest BCUT2D eigenvalue weighted by molar-refractivity contribution is 0.468. The molecular formula is C14H11N5OS. The van der Waals surface area contributed by atoms with Gasteiger partial charge in [-0.15, -0.1) is 16.9 Å². The fraction of sp³-hybridized carbons (Fsp3) is 0.0714. The highest BCUT2D eigenvalue weighted by Crippen LogP contribution is 2.44. The molecule has 1 aliphatic heterocycles. The molecule has 0 bridgehead atoms. The SMILES string of the molecule is Oc1cc2ccccc2cc1C1SC=CN1c1nn[nH]n1. The third kappa shape index (κ3) is 2.02. The molecule has 4 rings (SSSR count). The van der Waals surface area contributed by atoms with Crippen LogP contribution in [0.1, 0.15) is 10.9 Å². The Hall–Kier alpha value is -2.54. The minimum Gasteiger partial charge on any atom is -0.508 e. The summed E-state index contributed by atoms with van der Waals surface area (Å²) in [5.74, 6) is 0.747. The van der Waals surface area contributed by atoms with Crippen molar-refractivity contribution < 1.29 is 5.11 Å². The Morgan fingerprint density at radius 3 is 2.76 bits per heavy atom. The van der Waals surface area contributed by atoms with E-state index in [-0.39, 0.29) is 11.1 Å². The molecule has 1 aromatic heterocycles. The molecule has 0 radical (unpaired) electrons. The molecule has 0 spiro atoms. The second kappa shape index (κ2) is 4.78. The Labute approximate surface area is 124 Å². The van der Waals surface area contributed by atoms with E-state index in [1.165, 1.54) is 0 Å². The summed E-state index contributed by atoms with van der Waals surface area (Å²) in [4.78, 5) is 1.87. The molecule has 3 aromatic rings. The monoisotopic (exact) mass is 297 g/mol. The molecule has 7 heteroatoms. The Bertz CT molecular complexity index is 817. The molecule has 2 heterocycles. The van der Waals surface area contributed by atoms with E-state index in [1.54, 1.807) is 17.8 Å². The van der Waals surface area contributed by atoms with E-state index in [0.717, 1.165) is 16.3 Å². The number of tetrazole rings is 1. The molecule has 6 nitrogen and oxygen atoms in total. The highest BCUT2D eigenvalue weighted by Gasteiger charge is 2.28. The van der Waals surface area contributed by atoms with Crippen LogP contribution in [0.4, 0.5) is 5.95 Å². The maximum absolute atomic E-state index is 10.4. The number of nitrogens with zero attached hydrogens (tertiary/aromatic N) is 4. The molecule has 0 aliphatic carbocycles. The molecule has 2 N–H and O–H groups in total. The van der Waals surface area contributed by atoms with Crippen molar-refractivity contribution in [1.82, 2.24) is 20.6 Å². The molecule has 0 amide bonds. The average molecular weight is 297 g/mol. The van der Waals surface area contributed by atoms with Gasteiger partial charge in [0.2, 0.25) is 0 Å². The number of phenolic OH excluding ortho intramolecular Hbond substituents is 1. The summed E-state index contributed by atoms with van der Waals surface area (Å²) in [6.45, 7) is 0. The van der Waals surface area contributed by atoms with Crippen molar-refractivity contribution in [2.75, 3.05) is 4.90 Å². The van der Waals surface area contributed by atoms with Gasteiger partial charge in [0.15, 0.2) is 0 Å². The van der Waals surface area contributed by atoms with Crippen LogP contribution in [0.3, 0.4) is 0 Å². The summed E-state index contributed by atoms with van der Waals surface area (Å²) < 4.78 is 0. The van der Waals surface area contributed by atoms with Gasteiger partial charge in [0.05, 0.1) is 0 Å². The molecule has 0 saturated heterocycles. The summed E-state index contributed by atoms with van der Waals surface area (Å²) >= 11 is 1.59. The van der Waals surface area contributed by atoms with Gasteiger partial charge in [0.25, 0.3) is 5.95 Å². The van der Waals surface area contributed by atoms with Crippen molar-refractivity contribution in [2.45, 2.75) is 5.37 Å². The third-order valence-corrected chi connectivity index (χ3v) is 4.43. The fourth-order valence-electron chi connectivity index (χ4n) is 2.42. The van der Waals surface area contributed by atoms with E-state index in [1.807, 2.05) is 46.8 Å². The van der Waals surface area contributed by atoms with Gasteiger partial charge >= 0.3 is 0 Å². The van der Waals surface area contributed by atoms with Crippen molar-refractivity contribution >= 4 is 28.5 Å². The largest absolute Gasteiger partial charge is 0.508 e. The number of hydrogen-bond acceptors (Lipinski definition) is 6. The molecule has 1 aliphatic rings. The number of H-pyrrole nitrogens is 1. The number of aromatic nitrogens is 4. The first-order chi connectivity index (χ1) is 10.3. The second-order valence-corrected chi connectivity index (χ2v) is 5.64. The molecule has 2 aromatic carbocycles. The predicted molar refractivity (Wildman–Crippen MR) is 81.7 cm³/mol. The van der Waals surface area contributed by atoms with Crippen molar-refractivity contribution in [3.63, 3.8) is 0 Å². The van der Waals surface area contributed by atoms with Crippen LogP contribution < -0.4 is 4.90 Å². The number of fused-ring (bicyclic) bond motifs is 1. The van der Waals surface area contributed by atoms with Gasteiger partial charge in [-0.25, -0.2) is 0 Å². The average Bonchev–Trinajstić information content (AvgIpc) is 3.17. The molecule has 21 heavy (non-hydrogen) atoms. The van der Waals surface area contributed by atoms with Crippen molar-refractivity contribution in [3.8, 4) is 5.75 Å². The zero-order chi connectivity index (χ0) is 14.2. The van der Waals surface area contributed by atoms with Gasteiger partial charge in [-0.3, -0.25) is 4.90 Å². The summed E-state index contributed by atoms with van der Waals surface area (Å²) in [5, 5.41) is 28.3. The smallest absolute Gasteiger partial charge is 0.270 e. The Morgan fingerprint density at radius 2 is 2.00 bits per heavy atom. The van der Waals surface area contributed by atoms with E-state index in [4.69, 9.17) is 0 Å². The number of nitrogens with one attached hydrogen (secondary N) is 1. The highest BCUT2D eigenvalue weighted by molar-refractivity contribution is 8.02. The number of aromatic hydroxyl groups is 1. The molecular weight excluding hydrogens is 286 g/mol. The van der Waals surface area contributed by atoms with Gasteiger partial charge < -0.3 is 5.11 Å². The quantitative estimate of drug-likeness (QED) is 0.757. The molecule has 1 unspecified atom stereocenters. The van der Waals surface area contributed by atoms with Crippen molar-refractivity contribution in [2.24, 2.45) is 0 Å². The first kappa shape index (κ1) is 12.2. The van der Waals surface area contributed by atoms with Gasteiger partial charge in [-0.2, -0.15) is 5.21 Å². The highest BCUT2D eigenvalue weighted by atomic mass is 32.2. The van der Waals surface area contributed by atoms with Crippen molar-refractivity contribution in [1.29, 1.82) is 0 Å². The van der Waals surface area contributed by atoms with E-state index in [9.17, 15) is 5.11 Å². The van der Waals surface area contributed by atoms with E-state index in [0.29, 0.717) is 5.95 Å². The van der Waals surface area contributed by atoms with Crippen LogP contribution in [0, 0.1) is 0 Å². The standard InChI is InChI=1S/C14H11N5OS/c20-12-8-10-4-2-1-3-9(10)7-11(12)13-19(5-6-21-13)14-15-17-18-16-14/h1-8,13,20H,(H,15,16,17,18). The Morgan fingerprint density at radius 1 is 1.19 bits per heavy atom. The first-order valence-electron chi connectivity index (χ1n) is 6.38. The normalized spacial score (nSPS) is 17.7. The summed E-state index contributed by atoms with van der Waals surface area (Å²) in [5.41, 5.74) is 0.827. The minimum atomic E-state index is -0.104. The number of hydrogen-bond donors (Lipinski definition) is 2. The van der Waals surface area contributed by atoms with E-state index >= 15 is 0 Å². The summed E-state index contributed by atoms with van der Waals surface area (Å²) in [6.07, 6.45) is 1.88. The maximum atomic E-state index is 10.4. The number of aromatic amines is 1. The van der Waals surface area contributed by atoms with Crippen LogP contribution in [-0.4, -0.2) is 25.7 Å². The summed E-state index contributed by atoms with van der Waals surface area (Å²) in [6, 6.07) is 11.7. The zero-order valence-electron chi connectivity index (χ0n) is 10.8. The molecule has 104 valence electrons. The maximum Gasteiger partial charge on any atom is 0.270 e. The lowest BCUT2D eigenvalue weighted by Crippen LogP contribution is -2.18. The van der Waals surface area contributed by atoms with Crippen LogP contribution in [0.15, 0.2) is 48.0 Å². The van der Waals surface area contributed by atoms with E-state index < -0.39 is 0 Å². The zero-order valence-corrected chi connectivity index (χ0v) is 11.7.